The van der Waals surface area contributed by atoms with Crippen LogP contribution in [-0.4, -0.2) is 38.5 Å². The van der Waals surface area contributed by atoms with Crippen molar-refractivity contribution in [3.05, 3.63) is 68.6 Å². The van der Waals surface area contributed by atoms with E-state index in [1.807, 2.05) is 46.0 Å². The standard InChI is InChI=1S/C30H34N6O4/c1-30(2,3)40-33-26(21-8-7-9-23-28(21)39-29(38)36(23)6)18-10-13-20(14-11-18)34(4)24-16-25(37)35(5)22-15-12-19(17-31)32-27(22)24/h7-9,12,15-16,18,20H,10-11,13-14H2,1-6H3/b33-26-/t18-,20+. The number of nitrogens with zero attached hydrogens (tertiary/aromatic N) is 6. The Morgan fingerprint density at radius 3 is 2.50 bits per heavy atom. The lowest BCUT2D eigenvalue weighted by Gasteiger charge is -2.36. The van der Waals surface area contributed by atoms with Gasteiger partial charge in [-0.1, -0.05) is 11.2 Å². The number of benzene rings is 1. The maximum Gasteiger partial charge on any atom is 0.419 e. The summed E-state index contributed by atoms with van der Waals surface area (Å²) in [4.78, 5) is 37.6. The summed E-state index contributed by atoms with van der Waals surface area (Å²) in [7, 11) is 5.39. The Labute approximate surface area is 232 Å². The van der Waals surface area contributed by atoms with Gasteiger partial charge in [0.05, 0.1) is 22.4 Å². The van der Waals surface area contributed by atoms with Gasteiger partial charge in [-0.3, -0.25) is 9.36 Å². The fourth-order valence-electron chi connectivity index (χ4n) is 5.46. The molecule has 0 unspecified atom stereocenters. The normalized spacial score (nSPS) is 18.2. The van der Waals surface area contributed by atoms with E-state index < -0.39 is 11.4 Å². The smallest absolute Gasteiger partial charge is 0.407 e. The number of aromatic nitrogens is 3. The van der Waals surface area contributed by atoms with Crippen LogP contribution in [0.15, 0.2) is 55.6 Å². The van der Waals surface area contributed by atoms with Crippen molar-refractivity contribution in [2.75, 3.05) is 11.9 Å². The first kappa shape index (κ1) is 27.2. The molecule has 1 aliphatic carbocycles. The monoisotopic (exact) mass is 542 g/mol. The molecule has 0 N–H and O–H groups in total. The second-order valence-electron chi connectivity index (χ2n) is 11.5. The Hall–Kier alpha value is -4.39. The first-order valence-electron chi connectivity index (χ1n) is 13.5. The molecule has 1 aliphatic rings. The molecule has 0 aliphatic heterocycles. The number of oxazole rings is 1. The van der Waals surface area contributed by atoms with Gasteiger partial charge in [-0.05, 0) is 70.7 Å². The van der Waals surface area contributed by atoms with Gasteiger partial charge in [0.15, 0.2) is 5.58 Å². The van der Waals surface area contributed by atoms with Crippen molar-refractivity contribution >= 4 is 33.5 Å². The van der Waals surface area contributed by atoms with Crippen molar-refractivity contribution in [2.45, 2.75) is 58.1 Å². The average molecular weight is 543 g/mol. The van der Waals surface area contributed by atoms with E-state index in [1.165, 1.54) is 4.57 Å². The summed E-state index contributed by atoms with van der Waals surface area (Å²) in [5.41, 5.74) is 4.51. The summed E-state index contributed by atoms with van der Waals surface area (Å²) in [5, 5.41) is 14.0. The first-order chi connectivity index (χ1) is 19.0. The van der Waals surface area contributed by atoms with E-state index in [-0.39, 0.29) is 17.5 Å². The summed E-state index contributed by atoms with van der Waals surface area (Å²) in [6.45, 7) is 5.84. The van der Waals surface area contributed by atoms with E-state index in [0.717, 1.165) is 42.6 Å². The highest BCUT2D eigenvalue weighted by molar-refractivity contribution is 6.09. The SMILES string of the molecule is Cn1c(=O)cc(N(C)[C@H]2CC[C@@H](/C(=N/OC(C)(C)C)c3cccc4c3oc(=O)n4C)CC2)c2nc(C#N)ccc21. The van der Waals surface area contributed by atoms with Crippen LogP contribution in [0.5, 0.6) is 0 Å². The highest BCUT2D eigenvalue weighted by atomic mass is 16.6. The molecule has 1 fully saturated rings. The molecule has 5 rings (SSSR count). The molecule has 10 nitrogen and oxygen atoms in total. The molecule has 1 aromatic carbocycles. The number of rotatable bonds is 5. The summed E-state index contributed by atoms with van der Waals surface area (Å²) in [5.74, 6) is -0.329. The molecule has 0 saturated heterocycles. The van der Waals surface area contributed by atoms with Gasteiger partial charge in [0.2, 0.25) is 0 Å². The highest BCUT2D eigenvalue weighted by Crippen LogP contribution is 2.35. The number of aryl methyl sites for hydroxylation is 2. The van der Waals surface area contributed by atoms with E-state index >= 15 is 0 Å². The van der Waals surface area contributed by atoms with Crippen molar-refractivity contribution < 1.29 is 9.25 Å². The fourth-order valence-corrected chi connectivity index (χ4v) is 5.46. The minimum atomic E-state index is -0.482. The van der Waals surface area contributed by atoms with Crippen LogP contribution in [0, 0.1) is 17.2 Å². The van der Waals surface area contributed by atoms with Gasteiger partial charge >= 0.3 is 5.76 Å². The molecule has 0 bridgehead atoms. The Balaban J connectivity index is 1.46. The molecule has 208 valence electrons. The topological polar surface area (TPSA) is 119 Å². The van der Waals surface area contributed by atoms with Crippen molar-refractivity contribution in [1.29, 1.82) is 5.26 Å². The largest absolute Gasteiger partial charge is 0.419 e. The Bertz CT molecular complexity index is 1770. The molecule has 0 atom stereocenters. The molecule has 0 radical (unpaired) electrons. The lowest BCUT2D eigenvalue weighted by atomic mass is 9.80. The molecule has 0 amide bonds. The Morgan fingerprint density at radius 1 is 1.10 bits per heavy atom. The van der Waals surface area contributed by atoms with Crippen molar-refractivity contribution in [3.8, 4) is 6.07 Å². The lowest BCUT2D eigenvalue weighted by Crippen LogP contribution is -2.38. The third-order valence-electron chi connectivity index (χ3n) is 7.71. The quantitative estimate of drug-likeness (QED) is 0.270. The summed E-state index contributed by atoms with van der Waals surface area (Å²) in [6, 6.07) is 13.0. The molecular weight excluding hydrogens is 508 g/mol. The predicted octanol–water partition coefficient (Wildman–Crippen LogP) is 4.46. The van der Waals surface area contributed by atoms with Gasteiger partial charge in [-0.15, -0.1) is 0 Å². The molecule has 3 heterocycles. The van der Waals surface area contributed by atoms with Gasteiger partial charge in [-0.25, -0.2) is 9.78 Å². The molecule has 40 heavy (non-hydrogen) atoms. The van der Waals surface area contributed by atoms with Crippen LogP contribution in [0.2, 0.25) is 0 Å². The zero-order valence-electron chi connectivity index (χ0n) is 23.8. The zero-order chi connectivity index (χ0) is 28.8. The lowest BCUT2D eigenvalue weighted by molar-refractivity contribution is -0.0000268. The van der Waals surface area contributed by atoms with Crippen LogP contribution in [0.3, 0.4) is 0 Å². The maximum absolute atomic E-state index is 12.8. The molecule has 3 aromatic heterocycles. The van der Waals surface area contributed by atoms with Crippen LogP contribution in [0.25, 0.3) is 22.1 Å². The molecule has 1 saturated carbocycles. The first-order valence-corrected chi connectivity index (χ1v) is 13.5. The number of oxime groups is 1. The average Bonchev–Trinajstić information content (AvgIpc) is 3.23. The highest BCUT2D eigenvalue weighted by Gasteiger charge is 2.31. The molecular formula is C30H34N6O4. The minimum absolute atomic E-state index is 0.0896. The number of para-hydroxylation sites is 1. The number of anilines is 1. The van der Waals surface area contributed by atoms with E-state index in [9.17, 15) is 14.9 Å². The second-order valence-corrected chi connectivity index (χ2v) is 11.5. The van der Waals surface area contributed by atoms with Gasteiger partial charge in [-0.2, -0.15) is 5.26 Å². The van der Waals surface area contributed by atoms with Gasteiger partial charge in [0.1, 0.15) is 22.9 Å². The van der Waals surface area contributed by atoms with Crippen LogP contribution in [0.4, 0.5) is 5.69 Å². The second kappa shape index (κ2) is 10.3. The molecule has 4 aromatic rings. The summed E-state index contributed by atoms with van der Waals surface area (Å²) in [6.07, 6.45) is 3.35. The van der Waals surface area contributed by atoms with E-state index in [0.29, 0.717) is 27.8 Å². The number of pyridine rings is 2. The zero-order valence-corrected chi connectivity index (χ0v) is 23.8. The Kier molecular flexibility index (Phi) is 7.00. The molecule has 0 spiro atoms. The number of hydrogen-bond donors (Lipinski definition) is 0. The third kappa shape index (κ3) is 4.99. The van der Waals surface area contributed by atoms with Crippen LogP contribution in [-0.2, 0) is 18.9 Å². The number of fused-ring (bicyclic) bond motifs is 2. The van der Waals surface area contributed by atoms with Crippen LogP contribution in [0.1, 0.15) is 57.7 Å². The van der Waals surface area contributed by atoms with Crippen molar-refractivity contribution in [3.63, 3.8) is 0 Å². The van der Waals surface area contributed by atoms with Crippen molar-refractivity contribution in [1.82, 2.24) is 14.1 Å². The number of nitriles is 1. The summed E-state index contributed by atoms with van der Waals surface area (Å²) < 4.78 is 8.68. The van der Waals surface area contributed by atoms with E-state index in [4.69, 9.17) is 9.25 Å². The van der Waals surface area contributed by atoms with Gasteiger partial charge in [0, 0.05) is 44.7 Å². The van der Waals surface area contributed by atoms with Gasteiger partial charge in [0.25, 0.3) is 5.56 Å². The van der Waals surface area contributed by atoms with E-state index in [1.54, 1.807) is 36.9 Å². The van der Waals surface area contributed by atoms with Gasteiger partial charge < -0.3 is 18.7 Å². The number of hydrogen-bond acceptors (Lipinski definition) is 8. The van der Waals surface area contributed by atoms with Crippen molar-refractivity contribution in [2.24, 2.45) is 25.2 Å². The third-order valence-corrected chi connectivity index (χ3v) is 7.71. The van der Waals surface area contributed by atoms with Crippen LogP contribution >= 0.6 is 0 Å². The molecule has 10 heteroatoms. The fraction of sp³-hybridized carbons (Fsp3) is 0.433. The predicted molar refractivity (Wildman–Crippen MR) is 155 cm³/mol. The summed E-state index contributed by atoms with van der Waals surface area (Å²) >= 11 is 0. The maximum atomic E-state index is 12.8. The Morgan fingerprint density at radius 2 is 1.82 bits per heavy atom. The van der Waals surface area contributed by atoms with Crippen LogP contribution < -0.4 is 16.2 Å². The van der Waals surface area contributed by atoms with E-state index in [2.05, 4.69) is 21.1 Å². The minimum Gasteiger partial charge on any atom is -0.407 e.